The monoisotopic (exact) mass is 283 g/mol. The van der Waals surface area contributed by atoms with E-state index in [-0.39, 0.29) is 0 Å². The number of anilines is 1. The molecule has 0 unspecified atom stereocenters. The van der Waals surface area contributed by atoms with Crippen LogP contribution in [-0.2, 0) is 0 Å². The van der Waals surface area contributed by atoms with Crippen LogP contribution in [0.15, 0.2) is 22.9 Å². The van der Waals surface area contributed by atoms with E-state index in [9.17, 15) is 0 Å². The normalized spacial score (nSPS) is 17.8. The van der Waals surface area contributed by atoms with Crippen molar-refractivity contribution in [2.75, 3.05) is 37.6 Å². The number of hydrogen-bond donors (Lipinski definition) is 0. The molecule has 0 atom stereocenters. The average molecular weight is 284 g/mol. The van der Waals surface area contributed by atoms with Crippen LogP contribution in [0.1, 0.15) is 13.3 Å². The highest BCUT2D eigenvalue weighted by Crippen LogP contribution is 2.25. The summed E-state index contributed by atoms with van der Waals surface area (Å²) in [6, 6.07) is 2.08. The third-order valence-corrected chi connectivity index (χ3v) is 3.61. The number of halogens is 1. The Labute approximate surface area is 106 Å². The number of rotatable bonds is 3. The molecule has 0 amide bonds. The van der Waals surface area contributed by atoms with Crippen molar-refractivity contribution in [1.29, 1.82) is 0 Å². The maximum atomic E-state index is 4.10. The first-order chi connectivity index (χ1) is 7.81. The zero-order valence-electron chi connectivity index (χ0n) is 9.69. The summed E-state index contributed by atoms with van der Waals surface area (Å²) < 4.78 is 1.10. The van der Waals surface area contributed by atoms with Crippen molar-refractivity contribution in [2.45, 2.75) is 13.3 Å². The minimum Gasteiger partial charge on any atom is -0.368 e. The van der Waals surface area contributed by atoms with E-state index in [4.69, 9.17) is 0 Å². The van der Waals surface area contributed by atoms with Crippen LogP contribution in [0.2, 0.25) is 0 Å². The van der Waals surface area contributed by atoms with E-state index >= 15 is 0 Å². The van der Waals surface area contributed by atoms with E-state index in [2.05, 4.69) is 43.7 Å². The molecule has 0 spiro atoms. The molecule has 4 heteroatoms. The standard InChI is InChI=1S/C12H18BrN3/c1-2-5-15-6-8-16(9-7-15)12-3-4-14-10-11(12)13/h3-4,10H,2,5-9H2,1H3. The highest BCUT2D eigenvalue weighted by Gasteiger charge is 2.17. The van der Waals surface area contributed by atoms with Crippen molar-refractivity contribution < 1.29 is 0 Å². The molecule has 0 aliphatic carbocycles. The first kappa shape index (κ1) is 11.9. The second-order valence-corrected chi connectivity index (χ2v) is 5.01. The van der Waals surface area contributed by atoms with Crippen molar-refractivity contribution in [3.63, 3.8) is 0 Å². The van der Waals surface area contributed by atoms with E-state index in [0.29, 0.717) is 0 Å². The van der Waals surface area contributed by atoms with Gasteiger partial charge in [-0.15, -0.1) is 0 Å². The van der Waals surface area contributed by atoms with Gasteiger partial charge in [0.25, 0.3) is 0 Å². The fraction of sp³-hybridized carbons (Fsp3) is 0.583. The number of nitrogens with zero attached hydrogens (tertiary/aromatic N) is 3. The van der Waals surface area contributed by atoms with Crippen LogP contribution in [0.4, 0.5) is 5.69 Å². The van der Waals surface area contributed by atoms with Gasteiger partial charge in [0.15, 0.2) is 0 Å². The molecular formula is C12H18BrN3. The van der Waals surface area contributed by atoms with E-state index in [1.165, 1.54) is 31.7 Å². The van der Waals surface area contributed by atoms with Gasteiger partial charge in [-0.25, -0.2) is 0 Å². The minimum atomic E-state index is 1.10. The van der Waals surface area contributed by atoms with Crippen molar-refractivity contribution in [1.82, 2.24) is 9.88 Å². The van der Waals surface area contributed by atoms with E-state index in [1.54, 1.807) is 0 Å². The molecule has 16 heavy (non-hydrogen) atoms. The second-order valence-electron chi connectivity index (χ2n) is 4.16. The van der Waals surface area contributed by atoms with Gasteiger partial charge in [0, 0.05) is 38.6 Å². The van der Waals surface area contributed by atoms with Crippen molar-refractivity contribution in [2.24, 2.45) is 0 Å². The van der Waals surface area contributed by atoms with Gasteiger partial charge in [0.2, 0.25) is 0 Å². The predicted octanol–water partition coefficient (Wildman–Crippen LogP) is 2.38. The van der Waals surface area contributed by atoms with E-state index < -0.39 is 0 Å². The largest absolute Gasteiger partial charge is 0.368 e. The first-order valence-electron chi connectivity index (χ1n) is 5.88. The van der Waals surface area contributed by atoms with Crippen LogP contribution in [0.5, 0.6) is 0 Å². The lowest BCUT2D eigenvalue weighted by atomic mass is 10.2. The third kappa shape index (κ3) is 2.74. The van der Waals surface area contributed by atoms with Gasteiger partial charge in [-0.3, -0.25) is 9.88 Å². The zero-order chi connectivity index (χ0) is 11.4. The van der Waals surface area contributed by atoms with Crippen LogP contribution in [0.25, 0.3) is 0 Å². The number of pyridine rings is 1. The molecule has 2 rings (SSSR count). The Bertz CT molecular complexity index is 335. The van der Waals surface area contributed by atoms with Crippen LogP contribution in [0.3, 0.4) is 0 Å². The average Bonchev–Trinajstić information content (AvgIpc) is 2.31. The fourth-order valence-corrected chi connectivity index (χ4v) is 2.65. The van der Waals surface area contributed by atoms with Crippen LogP contribution >= 0.6 is 15.9 Å². The Morgan fingerprint density at radius 3 is 2.69 bits per heavy atom. The summed E-state index contributed by atoms with van der Waals surface area (Å²) in [7, 11) is 0. The summed E-state index contributed by atoms with van der Waals surface area (Å²) in [6.45, 7) is 8.04. The summed E-state index contributed by atoms with van der Waals surface area (Å²) in [4.78, 5) is 9.06. The SMILES string of the molecule is CCCN1CCN(c2ccncc2Br)CC1. The van der Waals surface area contributed by atoms with Gasteiger partial charge in [0.1, 0.15) is 0 Å². The lowest BCUT2D eigenvalue weighted by molar-refractivity contribution is 0.258. The van der Waals surface area contributed by atoms with Gasteiger partial charge in [-0.1, -0.05) is 6.92 Å². The smallest absolute Gasteiger partial charge is 0.0592 e. The van der Waals surface area contributed by atoms with Gasteiger partial charge >= 0.3 is 0 Å². The zero-order valence-corrected chi connectivity index (χ0v) is 11.3. The summed E-state index contributed by atoms with van der Waals surface area (Å²) in [5.41, 5.74) is 1.27. The minimum absolute atomic E-state index is 1.10. The predicted molar refractivity (Wildman–Crippen MR) is 70.9 cm³/mol. The van der Waals surface area contributed by atoms with E-state index in [1.807, 2.05) is 12.4 Å². The van der Waals surface area contributed by atoms with Crippen LogP contribution in [0, 0.1) is 0 Å². The molecule has 1 fully saturated rings. The molecule has 0 bridgehead atoms. The summed E-state index contributed by atoms with van der Waals surface area (Å²) in [5.74, 6) is 0. The first-order valence-corrected chi connectivity index (χ1v) is 6.67. The molecule has 1 aliphatic heterocycles. The third-order valence-electron chi connectivity index (χ3n) is 3.00. The maximum absolute atomic E-state index is 4.10. The maximum Gasteiger partial charge on any atom is 0.0592 e. The Balaban J connectivity index is 1.96. The quantitative estimate of drug-likeness (QED) is 0.849. The lowest BCUT2D eigenvalue weighted by Crippen LogP contribution is -2.46. The highest BCUT2D eigenvalue weighted by molar-refractivity contribution is 9.10. The molecular weight excluding hydrogens is 266 g/mol. The van der Waals surface area contributed by atoms with Crippen molar-refractivity contribution >= 4 is 21.6 Å². The topological polar surface area (TPSA) is 19.4 Å². The van der Waals surface area contributed by atoms with Crippen molar-refractivity contribution in [3.8, 4) is 0 Å². The van der Waals surface area contributed by atoms with Crippen LogP contribution < -0.4 is 4.90 Å². The molecule has 0 radical (unpaired) electrons. The Hall–Kier alpha value is -0.610. The summed E-state index contributed by atoms with van der Waals surface area (Å²) in [5, 5.41) is 0. The Morgan fingerprint density at radius 2 is 2.06 bits per heavy atom. The second kappa shape index (κ2) is 5.64. The van der Waals surface area contributed by atoms with Crippen molar-refractivity contribution in [3.05, 3.63) is 22.9 Å². The van der Waals surface area contributed by atoms with Gasteiger partial charge in [-0.05, 0) is 35.0 Å². The number of piperazine rings is 1. The molecule has 0 saturated carbocycles. The highest BCUT2D eigenvalue weighted by atomic mass is 79.9. The van der Waals surface area contributed by atoms with Gasteiger partial charge < -0.3 is 4.90 Å². The number of hydrogen-bond acceptors (Lipinski definition) is 3. The summed E-state index contributed by atoms with van der Waals surface area (Å²) in [6.07, 6.45) is 4.98. The van der Waals surface area contributed by atoms with Gasteiger partial charge in [0.05, 0.1) is 10.2 Å². The molecule has 0 aromatic carbocycles. The molecule has 1 aromatic heterocycles. The number of aromatic nitrogens is 1. The summed E-state index contributed by atoms with van der Waals surface area (Å²) >= 11 is 3.56. The molecule has 2 heterocycles. The molecule has 88 valence electrons. The van der Waals surface area contributed by atoms with E-state index in [0.717, 1.165) is 17.6 Å². The molecule has 1 aromatic rings. The Kier molecular flexibility index (Phi) is 4.18. The molecule has 0 N–H and O–H groups in total. The van der Waals surface area contributed by atoms with Crippen LogP contribution in [-0.4, -0.2) is 42.6 Å². The van der Waals surface area contributed by atoms with Gasteiger partial charge in [-0.2, -0.15) is 0 Å². The Morgan fingerprint density at radius 1 is 1.31 bits per heavy atom. The fourth-order valence-electron chi connectivity index (χ4n) is 2.15. The molecule has 3 nitrogen and oxygen atoms in total. The molecule has 1 saturated heterocycles. The lowest BCUT2D eigenvalue weighted by Gasteiger charge is -2.36. The molecule has 1 aliphatic rings.